The van der Waals surface area contributed by atoms with Crippen LogP contribution in [0.2, 0.25) is 0 Å². The highest BCUT2D eigenvalue weighted by Crippen LogP contribution is 2.31. The highest BCUT2D eigenvalue weighted by atomic mass is 32.2. The van der Waals surface area contributed by atoms with Crippen molar-refractivity contribution in [3.8, 4) is 5.75 Å². The van der Waals surface area contributed by atoms with E-state index in [1.54, 1.807) is 13.0 Å². The van der Waals surface area contributed by atoms with Crippen molar-refractivity contribution in [2.75, 3.05) is 25.1 Å². The number of carbonyl (C=O) groups is 1. The summed E-state index contributed by atoms with van der Waals surface area (Å²) in [6.45, 7) is 4.91. The minimum absolute atomic E-state index is 0.0844. The summed E-state index contributed by atoms with van der Waals surface area (Å²) in [6, 6.07) is 4.39. The van der Waals surface area contributed by atoms with Gasteiger partial charge in [-0.15, -0.1) is 0 Å². The summed E-state index contributed by atoms with van der Waals surface area (Å²) in [4.78, 5) is 11.7. The van der Waals surface area contributed by atoms with Crippen LogP contribution in [0.1, 0.15) is 20.3 Å². The maximum atomic E-state index is 12.2. The van der Waals surface area contributed by atoms with Crippen molar-refractivity contribution < 1.29 is 22.7 Å². The summed E-state index contributed by atoms with van der Waals surface area (Å²) in [5.74, 6) is 0.161. The lowest BCUT2D eigenvalue weighted by molar-refractivity contribution is -0.122. The van der Waals surface area contributed by atoms with Gasteiger partial charge in [-0.3, -0.25) is 4.79 Å². The number of nitrogens with one attached hydrogen (secondary N) is 2. The zero-order chi connectivity index (χ0) is 16.2. The molecule has 1 aromatic carbocycles. The Balaban J connectivity index is 2.06. The van der Waals surface area contributed by atoms with Crippen molar-refractivity contribution in [3.05, 3.63) is 18.2 Å². The Bertz CT molecular complexity index is 645. The van der Waals surface area contributed by atoms with Crippen LogP contribution in [-0.4, -0.2) is 40.2 Å². The first-order valence-electron chi connectivity index (χ1n) is 7.13. The average molecular weight is 328 g/mol. The SMILES string of the molecule is CCOCCCNS(=O)(=O)c1ccc2c(c1)NC(=O)C(C)O2. The molecule has 0 aliphatic carbocycles. The van der Waals surface area contributed by atoms with Gasteiger partial charge in [0.25, 0.3) is 5.91 Å². The number of amides is 1. The number of sulfonamides is 1. The zero-order valence-electron chi connectivity index (χ0n) is 12.6. The normalized spacial score (nSPS) is 17.5. The lowest BCUT2D eigenvalue weighted by Crippen LogP contribution is -2.34. The fourth-order valence-electron chi connectivity index (χ4n) is 1.96. The molecule has 0 saturated carbocycles. The fraction of sp³-hybridized carbons (Fsp3) is 0.500. The van der Waals surface area contributed by atoms with Crippen LogP contribution in [0.3, 0.4) is 0 Å². The number of fused-ring (bicyclic) bond motifs is 1. The van der Waals surface area contributed by atoms with Crippen LogP contribution in [-0.2, 0) is 19.6 Å². The summed E-state index contributed by atoms with van der Waals surface area (Å²) in [5.41, 5.74) is 0.361. The lowest BCUT2D eigenvalue weighted by atomic mass is 10.2. The van der Waals surface area contributed by atoms with E-state index in [0.29, 0.717) is 37.6 Å². The Morgan fingerprint density at radius 2 is 2.18 bits per heavy atom. The molecule has 0 saturated heterocycles. The van der Waals surface area contributed by atoms with Crippen molar-refractivity contribution in [1.29, 1.82) is 0 Å². The third-order valence-corrected chi connectivity index (χ3v) is 4.61. The Kier molecular flexibility index (Phi) is 5.38. The highest BCUT2D eigenvalue weighted by molar-refractivity contribution is 7.89. The maximum Gasteiger partial charge on any atom is 0.265 e. The van der Waals surface area contributed by atoms with Crippen LogP contribution >= 0.6 is 0 Å². The van der Waals surface area contributed by atoms with Gasteiger partial charge in [-0.25, -0.2) is 13.1 Å². The molecule has 22 heavy (non-hydrogen) atoms. The average Bonchev–Trinajstić information content (AvgIpc) is 2.47. The Labute approximate surface area is 130 Å². The number of anilines is 1. The van der Waals surface area contributed by atoms with Crippen molar-refractivity contribution in [2.24, 2.45) is 0 Å². The molecule has 0 bridgehead atoms. The van der Waals surface area contributed by atoms with Crippen LogP contribution in [0.15, 0.2) is 23.1 Å². The molecule has 1 aromatic rings. The molecule has 1 amide bonds. The van der Waals surface area contributed by atoms with E-state index in [9.17, 15) is 13.2 Å². The third-order valence-electron chi connectivity index (χ3n) is 3.15. The summed E-state index contributed by atoms with van der Waals surface area (Å²) < 4.78 is 37.4. The largest absolute Gasteiger partial charge is 0.479 e. The molecule has 0 spiro atoms. The van der Waals surface area contributed by atoms with Gasteiger partial charge >= 0.3 is 0 Å². The summed E-state index contributed by atoms with van der Waals surface area (Å²) in [5, 5.41) is 2.63. The van der Waals surface area contributed by atoms with Gasteiger partial charge in [0.2, 0.25) is 10.0 Å². The van der Waals surface area contributed by atoms with Gasteiger partial charge in [0.05, 0.1) is 10.6 Å². The van der Waals surface area contributed by atoms with E-state index in [1.807, 2.05) is 6.92 Å². The van der Waals surface area contributed by atoms with E-state index >= 15 is 0 Å². The highest BCUT2D eigenvalue weighted by Gasteiger charge is 2.25. The zero-order valence-corrected chi connectivity index (χ0v) is 13.4. The first kappa shape index (κ1) is 16.7. The molecule has 0 radical (unpaired) electrons. The Hall–Kier alpha value is -1.64. The number of ether oxygens (including phenoxy) is 2. The maximum absolute atomic E-state index is 12.2. The van der Waals surface area contributed by atoms with E-state index in [1.165, 1.54) is 12.1 Å². The number of hydrogen-bond acceptors (Lipinski definition) is 5. The van der Waals surface area contributed by atoms with E-state index < -0.39 is 16.1 Å². The number of rotatable bonds is 7. The third kappa shape index (κ3) is 3.96. The van der Waals surface area contributed by atoms with Crippen LogP contribution in [0.5, 0.6) is 5.75 Å². The van der Waals surface area contributed by atoms with Gasteiger partial charge in [-0.1, -0.05) is 0 Å². The van der Waals surface area contributed by atoms with Crippen LogP contribution < -0.4 is 14.8 Å². The van der Waals surface area contributed by atoms with Gasteiger partial charge in [0.15, 0.2) is 6.10 Å². The minimum Gasteiger partial charge on any atom is -0.479 e. The van der Waals surface area contributed by atoms with Gasteiger partial charge in [-0.05, 0) is 38.5 Å². The van der Waals surface area contributed by atoms with Crippen LogP contribution in [0.25, 0.3) is 0 Å². The summed E-state index contributed by atoms with van der Waals surface area (Å²) >= 11 is 0. The van der Waals surface area contributed by atoms with Crippen molar-refractivity contribution in [3.63, 3.8) is 0 Å². The van der Waals surface area contributed by atoms with E-state index in [0.717, 1.165) is 0 Å². The topological polar surface area (TPSA) is 93.7 Å². The van der Waals surface area contributed by atoms with E-state index in [-0.39, 0.29) is 10.8 Å². The molecule has 0 aromatic heterocycles. The molecule has 1 unspecified atom stereocenters. The van der Waals surface area contributed by atoms with Crippen molar-refractivity contribution in [2.45, 2.75) is 31.3 Å². The van der Waals surface area contributed by atoms with Gasteiger partial charge < -0.3 is 14.8 Å². The Morgan fingerprint density at radius 3 is 2.91 bits per heavy atom. The van der Waals surface area contributed by atoms with E-state index in [4.69, 9.17) is 9.47 Å². The predicted octanol–water partition coefficient (Wildman–Crippen LogP) is 1.11. The lowest BCUT2D eigenvalue weighted by Gasteiger charge is -2.23. The Morgan fingerprint density at radius 1 is 1.41 bits per heavy atom. The second-order valence-electron chi connectivity index (χ2n) is 4.86. The molecule has 1 heterocycles. The van der Waals surface area contributed by atoms with Crippen LogP contribution in [0.4, 0.5) is 5.69 Å². The standard InChI is InChI=1S/C14H20N2O5S/c1-3-20-8-4-7-15-22(18,19)11-5-6-13-12(9-11)16-14(17)10(2)21-13/h5-6,9-10,15H,3-4,7-8H2,1-2H3,(H,16,17). The molecule has 8 heteroatoms. The summed E-state index contributed by atoms with van der Waals surface area (Å²) in [7, 11) is -3.62. The molecule has 2 N–H and O–H groups in total. The molecule has 122 valence electrons. The molecular weight excluding hydrogens is 308 g/mol. The minimum atomic E-state index is -3.62. The predicted molar refractivity (Wildman–Crippen MR) is 81.5 cm³/mol. The number of benzene rings is 1. The molecule has 1 atom stereocenters. The van der Waals surface area contributed by atoms with Gasteiger partial charge in [0.1, 0.15) is 5.75 Å². The molecule has 7 nitrogen and oxygen atoms in total. The van der Waals surface area contributed by atoms with Gasteiger partial charge in [0, 0.05) is 19.8 Å². The van der Waals surface area contributed by atoms with Crippen molar-refractivity contribution >= 4 is 21.6 Å². The fourth-order valence-corrected chi connectivity index (χ4v) is 3.06. The molecule has 2 rings (SSSR count). The molecule has 0 fully saturated rings. The van der Waals surface area contributed by atoms with E-state index in [2.05, 4.69) is 10.0 Å². The van der Waals surface area contributed by atoms with Crippen LogP contribution in [0, 0.1) is 0 Å². The first-order valence-corrected chi connectivity index (χ1v) is 8.61. The smallest absolute Gasteiger partial charge is 0.265 e. The summed E-state index contributed by atoms with van der Waals surface area (Å²) in [6.07, 6.45) is 0.00156. The van der Waals surface area contributed by atoms with Crippen molar-refractivity contribution in [1.82, 2.24) is 4.72 Å². The molecular formula is C14H20N2O5S. The second-order valence-corrected chi connectivity index (χ2v) is 6.62. The second kappa shape index (κ2) is 7.08. The monoisotopic (exact) mass is 328 g/mol. The first-order chi connectivity index (χ1) is 10.4. The quantitative estimate of drug-likeness (QED) is 0.731. The molecule has 1 aliphatic heterocycles. The number of hydrogen-bond donors (Lipinski definition) is 2. The molecule has 1 aliphatic rings. The van der Waals surface area contributed by atoms with Gasteiger partial charge in [-0.2, -0.15) is 0 Å². The number of carbonyl (C=O) groups excluding carboxylic acids is 1.